The Labute approximate surface area is 139 Å². The Morgan fingerprint density at radius 2 is 2.13 bits per heavy atom. The molecule has 0 radical (unpaired) electrons. The maximum Gasteiger partial charge on any atom is 0.338 e. The molecule has 0 bridgehead atoms. The molecular formula is C17H19FN2O2S. The summed E-state index contributed by atoms with van der Waals surface area (Å²) in [5.74, 6) is 0.172. The van der Waals surface area contributed by atoms with Crippen molar-refractivity contribution in [2.45, 2.75) is 25.4 Å². The van der Waals surface area contributed by atoms with Crippen molar-refractivity contribution in [2.24, 2.45) is 0 Å². The van der Waals surface area contributed by atoms with E-state index in [0.29, 0.717) is 23.0 Å². The molecule has 1 heterocycles. The van der Waals surface area contributed by atoms with Crippen molar-refractivity contribution in [3.05, 3.63) is 52.8 Å². The van der Waals surface area contributed by atoms with Crippen molar-refractivity contribution in [1.29, 1.82) is 0 Å². The Bertz CT molecular complexity index is 722. The van der Waals surface area contributed by atoms with Crippen molar-refractivity contribution in [1.82, 2.24) is 4.98 Å². The summed E-state index contributed by atoms with van der Waals surface area (Å²) in [5, 5.41) is 9.87. The lowest BCUT2D eigenvalue weighted by molar-refractivity contribution is 0.0691. The van der Waals surface area contributed by atoms with E-state index in [0.717, 1.165) is 11.3 Å². The summed E-state index contributed by atoms with van der Waals surface area (Å²) in [7, 11) is 1.85. The first-order valence-electron chi connectivity index (χ1n) is 7.25. The second-order valence-electron chi connectivity index (χ2n) is 5.20. The lowest BCUT2D eigenvalue weighted by Crippen LogP contribution is -2.19. The molecule has 0 fully saturated rings. The average molecular weight is 334 g/mol. The number of thioether (sulfide) groups is 1. The SMILES string of the molecule is CCSc1nc(N(C)Cc2cccc(F)c2)cc(C)c1C(=O)O. The van der Waals surface area contributed by atoms with E-state index in [4.69, 9.17) is 0 Å². The van der Waals surface area contributed by atoms with Gasteiger partial charge >= 0.3 is 5.97 Å². The molecule has 0 saturated carbocycles. The van der Waals surface area contributed by atoms with Crippen LogP contribution in [0.25, 0.3) is 0 Å². The number of nitrogens with zero attached hydrogens (tertiary/aromatic N) is 2. The first kappa shape index (κ1) is 17.3. The highest BCUT2D eigenvalue weighted by atomic mass is 32.2. The molecule has 0 aliphatic rings. The summed E-state index contributed by atoms with van der Waals surface area (Å²) < 4.78 is 13.3. The van der Waals surface area contributed by atoms with Crippen LogP contribution in [0.15, 0.2) is 35.4 Å². The number of aromatic nitrogens is 1. The van der Waals surface area contributed by atoms with Crippen molar-refractivity contribution in [3.63, 3.8) is 0 Å². The predicted octanol–water partition coefficient (Wildman–Crippen LogP) is 3.98. The molecule has 0 unspecified atom stereocenters. The van der Waals surface area contributed by atoms with Gasteiger partial charge in [0.05, 0.1) is 5.56 Å². The van der Waals surface area contributed by atoms with Crippen LogP contribution in [0, 0.1) is 12.7 Å². The van der Waals surface area contributed by atoms with Gasteiger partial charge < -0.3 is 10.0 Å². The van der Waals surface area contributed by atoms with Crippen molar-refractivity contribution < 1.29 is 14.3 Å². The smallest absolute Gasteiger partial charge is 0.338 e. The number of halogens is 1. The van der Waals surface area contributed by atoms with Crippen LogP contribution in [0.3, 0.4) is 0 Å². The summed E-state index contributed by atoms with van der Waals surface area (Å²) in [6.07, 6.45) is 0. The molecular weight excluding hydrogens is 315 g/mol. The second-order valence-corrected chi connectivity index (χ2v) is 6.45. The van der Waals surface area contributed by atoms with E-state index in [-0.39, 0.29) is 11.4 Å². The van der Waals surface area contributed by atoms with Gasteiger partial charge in [-0.2, -0.15) is 0 Å². The van der Waals surface area contributed by atoms with Crippen LogP contribution in [0.5, 0.6) is 0 Å². The number of aromatic carboxylic acids is 1. The van der Waals surface area contributed by atoms with Crippen LogP contribution < -0.4 is 4.90 Å². The number of rotatable bonds is 6. The van der Waals surface area contributed by atoms with E-state index in [9.17, 15) is 14.3 Å². The molecule has 23 heavy (non-hydrogen) atoms. The van der Waals surface area contributed by atoms with Gasteiger partial charge in [0.1, 0.15) is 16.7 Å². The van der Waals surface area contributed by atoms with Gasteiger partial charge in [-0.1, -0.05) is 19.1 Å². The molecule has 0 spiro atoms. The van der Waals surface area contributed by atoms with Crippen LogP contribution in [0.1, 0.15) is 28.4 Å². The highest BCUT2D eigenvalue weighted by Crippen LogP contribution is 2.27. The third-order valence-electron chi connectivity index (χ3n) is 3.36. The van der Waals surface area contributed by atoms with Crippen molar-refractivity contribution in [2.75, 3.05) is 17.7 Å². The summed E-state index contributed by atoms with van der Waals surface area (Å²) in [5.41, 5.74) is 1.75. The summed E-state index contributed by atoms with van der Waals surface area (Å²) >= 11 is 1.41. The lowest BCUT2D eigenvalue weighted by atomic mass is 10.1. The molecule has 2 aromatic rings. The van der Waals surface area contributed by atoms with Crippen molar-refractivity contribution >= 4 is 23.5 Å². The quantitative estimate of drug-likeness (QED) is 0.810. The van der Waals surface area contributed by atoms with E-state index in [1.54, 1.807) is 19.1 Å². The van der Waals surface area contributed by atoms with E-state index in [1.807, 2.05) is 24.9 Å². The molecule has 122 valence electrons. The average Bonchev–Trinajstić information content (AvgIpc) is 2.46. The summed E-state index contributed by atoms with van der Waals surface area (Å²) in [6, 6.07) is 8.16. The van der Waals surface area contributed by atoms with Gasteiger partial charge in [-0.05, 0) is 42.0 Å². The highest BCUT2D eigenvalue weighted by molar-refractivity contribution is 7.99. The molecule has 0 saturated heterocycles. The maximum atomic E-state index is 13.3. The Balaban J connectivity index is 2.33. The van der Waals surface area contributed by atoms with Crippen molar-refractivity contribution in [3.8, 4) is 0 Å². The van der Waals surface area contributed by atoms with Crippen LogP contribution in [-0.2, 0) is 6.54 Å². The predicted molar refractivity (Wildman–Crippen MR) is 90.8 cm³/mol. The number of hydrogen-bond donors (Lipinski definition) is 1. The maximum absolute atomic E-state index is 13.3. The molecule has 0 aliphatic heterocycles. The number of carbonyl (C=O) groups is 1. The molecule has 0 amide bonds. The Hall–Kier alpha value is -2.08. The number of carboxylic acid groups (broad SMARTS) is 1. The monoisotopic (exact) mass is 334 g/mol. The van der Waals surface area contributed by atoms with Crippen LogP contribution in [0.4, 0.5) is 10.2 Å². The largest absolute Gasteiger partial charge is 0.478 e. The Morgan fingerprint density at radius 1 is 1.39 bits per heavy atom. The third kappa shape index (κ3) is 4.22. The number of pyridine rings is 1. The summed E-state index contributed by atoms with van der Waals surface area (Å²) in [6.45, 7) is 4.22. The van der Waals surface area contributed by atoms with Crippen LogP contribution in [0.2, 0.25) is 0 Å². The normalized spacial score (nSPS) is 10.6. The zero-order chi connectivity index (χ0) is 17.0. The molecule has 1 aromatic carbocycles. The van der Waals surface area contributed by atoms with Crippen LogP contribution in [-0.4, -0.2) is 28.9 Å². The highest BCUT2D eigenvalue weighted by Gasteiger charge is 2.18. The van der Waals surface area contributed by atoms with Gasteiger partial charge in [-0.3, -0.25) is 0 Å². The van der Waals surface area contributed by atoms with E-state index in [2.05, 4.69) is 4.98 Å². The minimum atomic E-state index is -0.967. The van der Waals surface area contributed by atoms with Gasteiger partial charge in [0.15, 0.2) is 0 Å². The van der Waals surface area contributed by atoms with Gasteiger partial charge in [0.25, 0.3) is 0 Å². The molecule has 0 atom stereocenters. The zero-order valence-corrected chi connectivity index (χ0v) is 14.2. The number of hydrogen-bond acceptors (Lipinski definition) is 4. The second kappa shape index (κ2) is 7.46. The van der Waals surface area contributed by atoms with Gasteiger partial charge in [0.2, 0.25) is 0 Å². The molecule has 4 nitrogen and oxygen atoms in total. The molecule has 1 aromatic heterocycles. The zero-order valence-electron chi connectivity index (χ0n) is 13.3. The van der Waals surface area contributed by atoms with Gasteiger partial charge in [-0.25, -0.2) is 14.2 Å². The number of carboxylic acids is 1. The van der Waals surface area contributed by atoms with E-state index >= 15 is 0 Å². The Kier molecular flexibility index (Phi) is 5.60. The van der Waals surface area contributed by atoms with Crippen LogP contribution >= 0.6 is 11.8 Å². The first-order valence-corrected chi connectivity index (χ1v) is 8.24. The van der Waals surface area contributed by atoms with E-state index in [1.165, 1.54) is 23.9 Å². The standard InChI is InChI=1S/C17H19FN2O2S/c1-4-23-16-15(17(21)22)11(2)8-14(19-16)20(3)10-12-6-5-7-13(18)9-12/h5-9H,4,10H2,1-3H3,(H,21,22). The van der Waals surface area contributed by atoms with Gasteiger partial charge in [0, 0.05) is 13.6 Å². The molecule has 0 aliphatic carbocycles. The fourth-order valence-corrected chi connectivity index (χ4v) is 3.14. The Morgan fingerprint density at radius 3 is 2.74 bits per heavy atom. The number of aryl methyl sites for hydroxylation is 1. The van der Waals surface area contributed by atoms with E-state index < -0.39 is 5.97 Å². The molecule has 2 rings (SSSR count). The number of benzene rings is 1. The minimum absolute atomic E-state index is 0.250. The summed E-state index contributed by atoms with van der Waals surface area (Å²) in [4.78, 5) is 17.8. The lowest BCUT2D eigenvalue weighted by Gasteiger charge is -2.20. The number of anilines is 1. The fourth-order valence-electron chi connectivity index (χ4n) is 2.31. The third-order valence-corrected chi connectivity index (χ3v) is 4.22. The fraction of sp³-hybridized carbons (Fsp3) is 0.294. The molecule has 1 N–H and O–H groups in total. The van der Waals surface area contributed by atoms with Gasteiger partial charge in [-0.15, -0.1) is 11.8 Å². The minimum Gasteiger partial charge on any atom is -0.478 e. The molecule has 6 heteroatoms. The topological polar surface area (TPSA) is 53.4 Å². The first-order chi connectivity index (χ1) is 10.9.